The molecule has 1 heterocycles. The number of carbonyl (C=O) groups is 1. The fourth-order valence-corrected chi connectivity index (χ4v) is 2.39. The largest absolute Gasteiger partial charge is 0.481 e. The van der Waals surface area contributed by atoms with Crippen LogP contribution in [0.3, 0.4) is 0 Å². The summed E-state index contributed by atoms with van der Waals surface area (Å²) in [5.74, 6) is -0.480. The fraction of sp³-hybridized carbons (Fsp3) is 0.364. The van der Waals surface area contributed by atoms with Gasteiger partial charge in [-0.25, -0.2) is 0 Å². The summed E-state index contributed by atoms with van der Waals surface area (Å²) < 4.78 is 11.3. The van der Waals surface area contributed by atoms with Crippen LogP contribution in [0.25, 0.3) is 0 Å². The number of halogens is 1. The Hall–Kier alpha value is -1.27. The van der Waals surface area contributed by atoms with Crippen molar-refractivity contribution in [2.75, 3.05) is 13.3 Å². The molecule has 2 rings (SSSR count). The Kier molecular flexibility index (Phi) is 3.26. The summed E-state index contributed by atoms with van der Waals surface area (Å²) in [5.41, 5.74) is 6.94. The minimum atomic E-state index is -0.952. The molecule has 0 fully saturated rings. The Bertz CT molecular complexity index is 475. The zero-order valence-corrected chi connectivity index (χ0v) is 10.8. The molecule has 1 aromatic carbocycles. The molecule has 0 amide bonds. The molecular formula is C11H12BrNO4. The minimum Gasteiger partial charge on any atom is -0.481 e. The zero-order valence-electron chi connectivity index (χ0n) is 9.20. The number of hydrogen-bond acceptors (Lipinski definition) is 4. The predicted molar refractivity (Wildman–Crippen MR) is 64.4 cm³/mol. The van der Waals surface area contributed by atoms with Gasteiger partial charge in [0.05, 0.1) is 5.92 Å². The van der Waals surface area contributed by atoms with Gasteiger partial charge in [0.15, 0.2) is 11.5 Å². The topological polar surface area (TPSA) is 81.8 Å². The van der Waals surface area contributed by atoms with Crippen LogP contribution >= 0.6 is 15.9 Å². The standard InChI is InChI=1S/C11H12BrNO4/c1-5-9(12)6(7(3-13)11(14)15)2-8-10(5)17-4-16-8/h2,7H,3-4,13H2,1H3,(H,14,15). The van der Waals surface area contributed by atoms with Crippen molar-refractivity contribution in [3.05, 3.63) is 21.7 Å². The third-order valence-electron chi connectivity index (χ3n) is 2.76. The molecule has 1 aliphatic heterocycles. The van der Waals surface area contributed by atoms with Gasteiger partial charge in [-0.1, -0.05) is 15.9 Å². The van der Waals surface area contributed by atoms with Crippen LogP contribution in [0.1, 0.15) is 17.0 Å². The zero-order chi connectivity index (χ0) is 12.6. The Balaban J connectivity index is 2.55. The third kappa shape index (κ3) is 1.98. The van der Waals surface area contributed by atoms with Gasteiger partial charge in [-0.05, 0) is 18.6 Å². The number of nitrogens with two attached hydrogens (primary N) is 1. The molecule has 1 aliphatic rings. The van der Waals surface area contributed by atoms with E-state index >= 15 is 0 Å². The molecule has 6 heteroatoms. The molecule has 0 bridgehead atoms. The number of hydrogen-bond donors (Lipinski definition) is 2. The average molecular weight is 302 g/mol. The number of benzene rings is 1. The van der Waals surface area contributed by atoms with E-state index in [1.807, 2.05) is 6.92 Å². The summed E-state index contributed by atoms with van der Waals surface area (Å²) in [7, 11) is 0. The highest BCUT2D eigenvalue weighted by atomic mass is 79.9. The van der Waals surface area contributed by atoms with E-state index in [2.05, 4.69) is 15.9 Å². The van der Waals surface area contributed by atoms with Gasteiger partial charge in [-0.15, -0.1) is 0 Å². The maximum atomic E-state index is 11.1. The lowest BCUT2D eigenvalue weighted by atomic mass is 9.97. The van der Waals surface area contributed by atoms with Gasteiger partial charge in [-0.3, -0.25) is 4.79 Å². The maximum absolute atomic E-state index is 11.1. The van der Waals surface area contributed by atoms with Crippen LogP contribution in [-0.2, 0) is 4.79 Å². The molecule has 1 aromatic rings. The van der Waals surface area contributed by atoms with Crippen LogP contribution < -0.4 is 15.2 Å². The summed E-state index contributed by atoms with van der Waals surface area (Å²) in [6.45, 7) is 2.04. The first-order valence-corrected chi connectivity index (χ1v) is 5.87. The smallest absolute Gasteiger partial charge is 0.312 e. The Morgan fingerprint density at radius 2 is 2.35 bits per heavy atom. The van der Waals surface area contributed by atoms with E-state index in [1.165, 1.54) is 0 Å². The second kappa shape index (κ2) is 4.54. The van der Waals surface area contributed by atoms with Crippen LogP contribution in [0.2, 0.25) is 0 Å². The second-order valence-corrected chi connectivity index (χ2v) is 4.56. The van der Waals surface area contributed by atoms with Crippen LogP contribution in [0.15, 0.2) is 10.5 Å². The van der Waals surface area contributed by atoms with Crippen molar-refractivity contribution in [1.29, 1.82) is 0 Å². The van der Waals surface area contributed by atoms with Gasteiger partial charge in [0.1, 0.15) is 0 Å². The van der Waals surface area contributed by atoms with Crippen molar-refractivity contribution in [1.82, 2.24) is 0 Å². The molecule has 17 heavy (non-hydrogen) atoms. The molecule has 0 aliphatic carbocycles. The molecular weight excluding hydrogens is 290 g/mol. The van der Waals surface area contributed by atoms with E-state index in [0.717, 1.165) is 5.56 Å². The van der Waals surface area contributed by atoms with Crippen LogP contribution in [0, 0.1) is 6.92 Å². The van der Waals surface area contributed by atoms with Crippen molar-refractivity contribution >= 4 is 21.9 Å². The van der Waals surface area contributed by atoms with Crippen molar-refractivity contribution < 1.29 is 19.4 Å². The number of ether oxygens (including phenoxy) is 2. The number of carboxylic acid groups (broad SMARTS) is 1. The molecule has 3 N–H and O–H groups in total. The molecule has 0 saturated carbocycles. The van der Waals surface area contributed by atoms with Gasteiger partial charge >= 0.3 is 5.97 Å². The highest BCUT2D eigenvalue weighted by molar-refractivity contribution is 9.10. The normalized spacial score (nSPS) is 14.8. The predicted octanol–water partition coefficient (Wildman–Crippen LogP) is 1.61. The van der Waals surface area contributed by atoms with Crippen molar-refractivity contribution in [3.8, 4) is 11.5 Å². The van der Waals surface area contributed by atoms with Gasteiger partial charge in [0.2, 0.25) is 6.79 Å². The Labute approximate surface area is 107 Å². The Morgan fingerprint density at radius 1 is 1.65 bits per heavy atom. The molecule has 0 spiro atoms. The number of aliphatic carboxylic acids is 1. The summed E-state index contributed by atoms with van der Waals surface area (Å²) in [6.07, 6.45) is 0. The lowest BCUT2D eigenvalue weighted by Crippen LogP contribution is -2.21. The lowest BCUT2D eigenvalue weighted by Gasteiger charge is -2.15. The number of rotatable bonds is 3. The van der Waals surface area contributed by atoms with E-state index in [1.54, 1.807) is 6.07 Å². The summed E-state index contributed by atoms with van der Waals surface area (Å²) >= 11 is 3.39. The maximum Gasteiger partial charge on any atom is 0.312 e. The first-order valence-electron chi connectivity index (χ1n) is 5.07. The van der Waals surface area contributed by atoms with Crippen LogP contribution in [0.4, 0.5) is 0 Å². The van der Waals surface area contributed by atoms with E-state index in [4.69, 9.17) is 20.3 Å². The van der Waals surface area contributed by atoms with Gasteiger partial charge in [0.25, 0.3) is 0 Å². The SMILES string of the molecule is Cc1c(Br)c(C(CN)C(=O)O)cc2c1OCO2. The monoisotopic (exact) mass is 301 g/mol. The molecule has 0 aromatic heterocycles. The highest BCUT2D eigenvalue weighted by Gasteiger charge is 2.27. The number of fused-ring (bicyclic) bond motifs is 1. The molecule has 1 unspecified atom stereocenters. The highest BCUT2D eigenvalue weighted by Crippen LogP contribution is 2.43. The van der Waals surface area contributed by atoms with Crippen molar-refractivity contribution in [2.45, 2.75) is 12.8 Å². The second-order valence-electron chi connectivity index (χ2n) is 3.77. The van der Waals surface area contributed by atoms with E-state index in [0.29, 0.717) is 21.5 Å². The van der Waals surface area contributed by atoms with Crippen molar-refractivity contribution in [2.24, 2.45) is 5.73 Å². The third-order valence-corrected chi connectivity index (χ3v) is 3.81. The molecule has 0 saturated heterocycles. The molecule has 1 atom stereocenters. The summed E-state index contributed by atoms with van der Waals surface area (Å²) in [6, 6.07) is 1.67. The van der Waals surface area contributed by atoms with Crippen LogP contribution in [0.5, 0.6) is 11.5 Å². The summed E-state index contributed by atoms with van der Waals surface area (Å²) in [4.78, 5) is 11.1. The van der Waals surface area contributed by atoms with Gasteiger partial charge in [-0.2, -0.15) is 0 Å². The van der Waals surface area contributed by atoms with Gasteiger partial charge < -0.3 is 20.3 Å². The van der Waals surface area contributed by atoms with Crippen LogP contribution in [-0.4, -0.2) is 24.4 Å². The quantitative estimate of drug-likeness (QED) is 0.886. The first-order chi connectivity index (χ1) is 8.06. The molecule has 0 radical (unpaired) electrons. The lowest BCUT2D eigenvalue weighted by molar-refractivity contribution is -0.138. The fourth-order valence-electron chi connectivity index (χ4n) is 1.82. The molecule has 5 nitrogen and oxygen atoms in total. The average Bonchev–Trinajstić information content (AvgIpc) is 2.73. The molecule has 92 valence electrons. The summed E-state index contributed by atoms with van der Waals surface area (Å²) in [5, 5.41) is 9.12. The number of carboxylic acids is 1. The van der Waals surface area contributed by atoms with Gasteiger partial charge in [0, 0.05) is 16.6 Å². The van der Waals surface area contributed by atoms with E-state index in [-0.39, 0.29) is 13.3 Å². The van der Waals surface area contributed by atoms with Crippen molar-refractivity contribution in [3.63, 3.8) is 0 Å². The minimum absolute atomic E-state index is 0.0347. The van der Waals surface area contributed by atoms with E-state index in [9.17, 15) is 4.79 Å². The first kappa shape index (κ1) is 12.2. The van der Waals surface area contributed by atoms with E-state index < -0.39 is 11.9 Å². The Morgan fingerprint density at radius 3 is 2.94 bits per heavy atom.